The first-order valence-electron chi connectivity index (χ1n) is 10.5. The lowest BCUT2D eigenvalue weighted by molar-refractivity contribution is 0.459. The lowest BCUT2D eigenvalue weighted by Crippen LogP contribution is -2.34. The fourth-order valence-electron chi connectivity index (χ4n) is 4.26. The van der Waals surface area contributed by atoms with E-state index in [0.717, 1.165) is 51.8 Å². The Hall–Kier alpha value is -2.49. The molecular formula is C23H22F2N4OS2. The number of rotatable bonds is 5. The third kappa shape index (κ3) is 3.89. The minimum absolute atomic E-state index is 0.0150. The molecule has 4 aromatic rings. The number of hydrogen-bond donors (Lipinski definition) is 1. The zero-order valence-corrected chi connectivity index (χ0v) is 19.3. The van der Waals surface area contributed by atoms with Crippen molar-refractivity contribution in [2.75, 3.05) is 0 Å². The molecule has 1 aromatic carbocycles. The van der Waals surface area contributed by atoms with E-state index in [0.29, 0.717) is 12.1 Å². The van der Waals surface area contributed by atoms with E-state index >= 15 is 0 Å². The zero-order chi connectivity index (χ0) is 22.4. The smallest absolute Gasteiger partial charge is 0.262 e. The van der Waals surface area contributed by atoms with Crippen LogP contribution in [0.3, 0.4) is 0 Å². The van der Waals surface area contributed by atoms with Crippen LogP contribution in [0.15, 0.2) is 34.7 Å². The first-order valence-corrected chi connectivity index (χ1v) is 12.2. The second kappa shape index (κ2) is 8.46. The fourth-order valence-corrected chi connectivity index (χ4v) is 6.21. The summed E-state index contributed by atoms with van der Waals surface area (Å²) in [5, 5.41) is 7.14. The van der Waals surface area contributed by atoms with Gasteiger partial charge in [0.1, 0.15) is 4.83 Å². The topological polar surface area (TPSA) is 59.8 Å². The van der Waals surface area contributed by atoms with Gasteiger partial charge in [0.2, 0.25) is 0 Å². The van der Waals surface area contributed by atoms with Crippen LogP contribution in [0.2, 0.25) is 0 Å². The van der Waals surface area contributed by atoms with Crippen molar-refractivity contribution in [3.63, 3.8) is 0 Å². The Balaban J connectivity index is 1.37. The molecule has 1 aliphatic carbocycles. The number of aryl methyl sites for hydroxylation is 2. The van der Waals surface area contributed by atoms with Crippen LogP contribution in [0.5, 0.6) is 0 Å². The van der Waals surface area contributed by atoms with Gasteiger partial charge in [-0.1, -0.05) is 6.07 Å². The molecule has 0 unspecified atom stereocenters. The van der Waals surface area contributed by atoms with E-state index in [-0.39, 0.29) is 17.6 Å². The molecule has 2 atom stereocenters. The van der Waals surface area contributed by atoms with Gasteiger partial charge in [-0.3, -0.25) is 9.36 Å². The van der Waals surface area contributed by atoms with Gasteiger partial charge in [0.25, 0.3) is 5.56 Å². The molecule has 0 bridgehead atoms. The van der Waals surface area contributed by atoms with Crippen molar-refractivity contribution in [3.05, 3.63) is 78.6 Å². The molecule has 0 saturated carbocycles. The van der Waals surface area contributed by atoms with Crippen LogP contribution in [0, 0.1) is 18.6 Å². The normalized spacial score (nSPS) is 16.9. The third-order valence-corrected chi connectivity index (χ3v) is 8.01. The molecule has 3 heterocycles. The number of nitrogens with zero attached hydrogens (tertiary/aromatic N) is 3. The Morgan fingerprint density at radius 1 is 1.31 bits per heavy atom. The van der Waals surface area contributed by atoms with E-state index in [4.69, 9.17) is 0 Å². The number of hydrogen-bond acceptors (Lipinski definition) is 6. The van der Waals surface area contributed by atoms with Gasteiger partial charge in [0.05, 0.1) is 28.5 Å². The first-order chi connectivity index (χ1) is 15.4. The average Bonchev–Trinajstić information content (AvgIpc) is 3.37. The molecule has 0 spiro atoms. The molecule has 3 aromatic heterocycles. The Labute approximate surface area is 191 Å². The molecule has 0 aliphatic heterocycles. The molecule has 0 fully saturated rings. The van der Waals surface area contributed by atoms with Gasteiger partial charge in [0.15, 0.2) is 11.6 Å². The van der Waals surface area contributed by atoms with Crippen LogP contribution >= 0.6 is 22.7 Å². The monoisotopic (exact) mass is 472 g/mol. The van der Waals surface area contributed by atoms with Crippen LogP contribution in [0.1, 0.15) is 46.1 Å². The van der Waals surface area contributed by atoms with Gasteiger partial charge in [-0.05, 0) is 56.4 Å². The molecule has 32 heavy (non-hydrogen) atoms. The summed E-state index contributed by atoms with van der Waals surface area (Å²) in [7, 11) is 0. The van der Waals surface area contributed by atoms with Crippen LogP contribution < -0.4 is 10.9 Å². The minimum atomic E-state index is -0.835. The van der Waals surface area contributed by atoms with Crippen molar-refractivity contribution in [2.45, 2.75) is 51.7 Å². The Kier molecular flexibility index (Phi) is 5.65. The summed E-state index contributed by atoms with van der Waals surface area (Å²) in [6.07, 6.45) is 4.08. The van der Waals surface area contributed by atoms with E-state index in [9.17, 15) is 13.6 Å². The van der Waals surface area contributed by atoms with Gasteiger partial charge in [0, 0.05) is 22.8 Å². The summed E-state index contributed by atoms with van der Waals surface area (Å²) < 4.78 is 28.3. The number of nitrogens with one attached hydrogen (secondary N) is 1. The van der Waals surface area contributed by atoms with Gasteiger partial charge in [-0.2, -0.15) is 0 Å². The van der Waals surface area contributed by atoms with Gasteiger partial charge >= 0.3 is 0 Å². The number of aromatic nitrogens is 3. The highest BCUT2D eigenvalue weighted by molar-refractivity contribution is 7.18. The standard InChI is InChI=1S/C23H22F2N4OS2/c1-12(19-10-31-13(2)28-19)29-11-27-22-21(23(29)30)16-5-4-15(8-20(16)32-22)26-9-14-3-6-17(24)18(25)7-14/h3,6-7,10-12,15,26H,4-5,8-9H2,1-2H3/t12-,15+/m1/s1. The summed E-state index contributed by atoms with van der Waals surface area (Å²) >= 11 is 3.15. The second-order valence-corrected chi connectivity index (χ2v) is 10.3. The van der Waals surface area contributed by atoms with Crippen LogP contribution in [0.4, 0.5) is 8.78 Å². The highest BCUT2D eigenvalue weighted by atomic mass is 32.1. The van der Waals surface area contributed by atoms with Gasteiger partial charge in [-0.25, -0.2) is 18.7 Å². The van der Waals surface area contributed by atoms with E-state index in [2.05, 4.69) is 15.3 Å². The number of thiazole rings is 1. The molecule has 1 N–H and O–H groups in total. The average molecular weight is 473 g/mol. The maximum Gasteiger partial charge on any atom is 0.262 e. The number of halogens is 2. The lowest BCUT2D eigenvalue weighted by atomic mass is 9.93. The highest BCUT2D eigenvalue weighted by Gasteiger charge is 2.26. The molecule has 0 saturated heterocycles. The maximum absolute atomic E-state index is 13.5. The summed E-state index contributed by atoms with van der Waals surface area (Å²) in [5.41, 5.74) is 2.67. The highest BCUT2D eigenvalue weighted by Crippen LogP contribution is 2.34. The molecule has 166 valence electrons. The minimum Gasteiger partial charge on any atom is -0.310 e. The largest absolute Gasteiger partial charge is 0.310 e. The van der Waals surface area contributed by atoms with Crippen LogP contribution in [-0.4, -0.2) is 20.6 Å². The van der Waals surface area contributed by atoms with Crippen molar-refractivity contribution in [1.82, 2.24) is 19.9 Å². The Morgan fingerprint density at radius 3 is 2.91 bits per heavy atom. The molecular weight excluding hydrogens is 450 g/mol. The van der Waals surface area contributed by atoms with Crippen LogP contribution in [-0.2, 0) is 19.4 Å². The second-order valence-electron chi connectivity index (χ2n) is 8.18. The Morgan fingerprint density at radius 2 is 2.16 bits per heavy atom. The van der Waals surface area contributed by atoms with Gasteiger partial charge in [-0.15, -0.1) is 22.7 Å². The Bertz CT molecular complexity index is 1360. The predicted octanol–water partition coefficient (Wildman–Crippen LogP) is 4.76. The van der Waals surface area contributed by atoms with Crippen molar-refractivity contribution < 1.29 is 8.78 Å². The summed E-state index contributed by atoms with van der Waals surface area (Å²) in [4.78, 5) is 24.4. The summed E-state index contributed by atoms with van der Waals surface area (Å²) in [5.74, 6) is -1.66. The molecule has 1 aliphatic rings. The SMILES string of the molecule is Cc1nc([C@@H](C)n2cnc3sc4c(c3c2=O)CC[C@H](NCc2ccc(F)c(F)c2)C4)cs1. The molecule has 0 radical (unpaired) electrons. The molecule has 9 heteroatoms. The quantitative estimate of drug-likeness (QED) is 0.455. The lowest BCUT2D eigenvalue weighted by Gasteiger charge is -2.23. The fraction of sp³-hybridized carbons (Fsp3) is 0.348. The number of benzene rings is 1. The number of fused-ring (bicyclic) bond motifs is 3. The maximum atomic E-state index is 13.5. The van der Waals surface area contributed by atoms with Crippen LogP contribution in [0.25, 0.3) is 10.2 Å². The van der Waals surface area contributed by atoms with E-state index in [1.54, 1.807) is 39.6 Å². The van der Waals surface area contributed by atoms with Gasteiger partial charge < -0.3 is 5.32 Å². The third-order valence-electron chi connectivity index (χ3n) is 6.06. The molecule has 5 rings (SSSR count). The van der Waals surface area contributed by atoms with Crippen molar-refractivity contribution in [3.8, 4) is 0 Å². The van der Waals surface area contributed by atoms with E-state index < -0.39 is 11.6 Å². The van der Waals surface area contributed by atoms with E-state index in [1.165, 1.54) is 10.9 Å². The van der Waals surface area contributed by atoms with Crippen molar-refractivity contribution in [2.24, 2.45) is 0 Å². The zero-order valence-electron chi connectivity index (χ0n) is 17.7. The summed E-state index contributed by atoms with van der Waals surface area (Å²) in [6, 6.07) is 4.02. The first kappa shape index (κ1) is 21.4. The predicted molar refractivity (Wildman–Crippen MR) is 124 cm³/mol. The summed E-state index contributed by atoms with van der Waals surface area (Å²) in [6.45, 7) is 4.40. The molecule has 5 nitrogen and oxygen atoms in total. The van der Waals surface area contributed by atoms with Crippen molar-refractivity contribution in [1.29, 1.82) is 0 Å². The van der Waals surface area contributed by atoms with Crippen molar-refractivity contribution >= 4 is 32.9 Å². The van der Waals surface area contributed by atoms with E-state index in [1.807, 2.05) is 19.2 Å². The number of thiophene rings is 1. The molecule has 0 amide bonds.